The molecular formula is C8H10N2O3. The van der Waals surface area contributed by atoms with E-state index in [1.165, 1.54) is 4.90 Å². The van der Waals surface area contributed by atoms with Gasteiger partial charge in [-0.2, -0.15) is 0 Å². The summed E-state index contributed by atoms with van der Waals surface area (Å²) in [5, 5.41) is 11.3. The summed E-state index contributed by atoms with van der Waals surface area (Å²) < 4.78 is 0. The van der Waals surface area contributed by atoms with Gasteiger partial charge in [-0.25, -0.2) is 9.59 Å². The second kappa shape index (κ2) is 3.81. The molecule has 13 heavy (non-hydrogen) atoms. The van der Waals surface area contributed by atoms with Crippen molar-refractivity contribution in [2.24, 2.45) is 0 Å². The highest BCUT2D eigenvalue weighted by atomic mass is 16.4. The average Bonchev–Trinajstić information content (AvgIpc) is 2.47. The Balaban J connectivity index is 2.70. The highest BCUT2D eigenvalue weighted by molar-refractivity contribution is 5.84. The maximum absolute atomic E-state index is 11.1. The summed E-state index contributed by atoms with van der Waals surface area (Å²) in [5.74, 6) is 1.18. The van der Waals surface area contributed by atoms with E-state index in [9.17, 15) is 9.59 Å². The number of aliphatic carboxylic acids is 1. The molecule has 2 N–H and O–H groups in total. The standard InChI is InChI=1S/C8H10N2O3/c1-2-3-6(7(11)12)10-5-4-9-8(10)13/h1,6H,3-5H2,(H,9,13)(H,11,12). The Hall–Kier alpha value is -1.70. The lowest BCUT2D eigenvalue weighted by atomic mass is 10.2. The summed E-state index contributed by atoms with van der Waals surface area (Å²) in [6.45, 7) is 0.880. The van der Waals surface area contributed by atoms with Gasteiger partial charge in [0.05, 0.1) is 0 Å². The first-order chi connectivity index (χ1) is 6.16. The van der Waals surface area contributed by atoms with E-state index in [2.05, 4.69) is 11.2 Å². The number of carboxylic acids is 1. The minimum Gasteiger partial charge on any atom is -0.480 e. The van der Waals surface area contributed by atoms with E-state index in [4.69, 9.17) is 11.5 Å². The fourth-order valence-electron chi connectivity index (χ4n) is 1.23. The lowest BCUT2D eigenvalue weighted by Crippen LogP contribution is -2.42. The molecule has 1 fully saturated rings. The molecule has 1 aliphatic rings. The van der Waals surface area contributed by atoms with Crippen molar-refractivity contribution in [1.82, 2.24) is 10.2 Å². The number of rotatable bonds is 3. The van der Waals surface area contributed by atoms with E-state index in [1.54, 1.807) is 0 Å². The van der Waals surface area contributed by atoms with Gasteiger partial charge in [-0.05, 0) is 0 Å². The van der Waals surface area contributed by atoms with Crippen LogP contribution in [0.2, 0.25) is 0 Å². The van der Waals surface area contributed by atoms with Crippen LogP contribution in [0.15, 0.2) is 0 Å². The van der Waals surface area contributed by atoms with Crippen molar-refractivity contribution in [3.8, 4) is 12.3 Å². The number of nitrogens with one attached hydrogen (secondary N) is 1. The molecule has 0 spiro atoms. The molecule has 0 aromatic carbocycles. The third-order valence-electron chi connectivity index (χ3n) is 1.86. The van der Waals surface area contributed by atoms with E-state index in [0.29, 0.717) is 13.1 Å². The third-order valence-corrected chi connectivity index (χ3v) is 1.86. The Morgan fingerprint density at radius 3 is 2.92 bits per heavy atom. The topological polar surface area (TPSA) is 69.6 Å². The first-order valence-corrected chi connectivity index (χ1v) is 3.87. The zero-order valence-electron chi connectivity index (χ0n) is 6.99. The van der Waals surface area contributed by atoms with Crippen LogP contribution in [0.5, 0.6) is 0 Å². The molecule has 0 aromatic heterocycles. The molecule has 0 aliphatic carbocycles. The highest BCUT2D eigenvalue weighted by Gasteiger charge is 2.31. The lowest BCUT2D eigenvalue weighted by Gasteiger charge is -2.20. The van der Waals surface area contributed by atoms with E-state index < -0.39 is 12.0 Å². The molecule has 1 aliphatic heterocycles. The van der Waals surface area contributed by atoms with E-state index in [1.807, 2.05) is 0 Å². The second-order valence-electron chi connectivity index (χ2n) is 2.69. The summed E-state index contributed by atoms with van der Waals surface area (Å²) in [7, 11) is 0. The van der Waals surface area contributed by atoms with Crippen molar-refractivity contribution in [1.29, 1.82) is 0 Å². The number of carbonyl (C=O) groups is 2. The highest BCUT2D eigenvalue weighted by Crippen LogP contribution is 2.07. The van der Waals surface area contributed by atoms with Crippen molar-refractivity contribution >= 4 is 12.0 Å². The van der Waals surface area contributed by atoms with Crippen molar-refractivity contribution in [3.63, 3.8) is 0 Å². The van der Waals surface area contributed by atoms with Crippen molar-refractivity contribution in [2.75, 3.05) is 13.1 Å². The molecule has 0 radical (unpaired) electrons. The maximum atomic E-state index is 11.1. The lowest BCUT2D eigenvalue weighted by molar-refractivity contribution is -0.141. The Labute approximate surface area is 75.7 Å². The van der Waals surface area contributed by atoms with Gasteiger partial charge >= 0.3 is 12.0 Å². The van der Waals surface area contributed by atoms with Crippen LogP contribution < -0.4 is 5.32 Å². The summed E-state index contributed by atoms with van der Waals surface area (Å²) >= 11 is 0. The Morgan fingerprint density at radius 1 is 1.85 bits per heavy atom. The fourth-order valence-corrected chi connectivity index (χ4v) is 1.23. The summed E-state index contributed by atoms with van der Waals surface area (Å²) in [4.78, 5) is 23.0. The third kappa shape index (κ3) is 1.90. The fraction of sp³-hybridized carbons (Fsp3) is 0.500. The minimum absolute atomic E-state index is 0.0444. The monoisotopic (exact) mass is 182 g/mol. The van der Waals surface area contributed by atoms with Crippen molar-refractivity contribution < 1.29 is 14.7 Å². The molecule has 1 atom stereocenters. The molecule has 1 rings (SSSR count). The molecular weight excluding hydrogens is 172 g/mol. The van der Waals surface area contributed by atoms with Gasteiger partial charge in [0.25, 0.3) is 0 Å². The van der Waals surface area contributed by atoms with Gasteiger partial charge in [-0.3, -0.25) is 0 Å². The molecule has 2 amide bonds. The van der Waals surface area contributed by atoms with Gasteiger partial charge in [0, 0.05) is 19.5 Å². The molecule has 0 bridgehead atoms. The maximum Gasteiger partial charge on any atom is 0.327 e. The molecule has 1 heterocycles. The normalized spacial score (nSPS) is 17.8. The van der Waals surface area contributed by atoms with Gasteiger partial charge in [-0.15, -0.1) is 12.3 Å². The Morgan fingerprint density at radius 2 is 2.54 bits per heavy atom. The number of carbonyl (C=O) groups excluding carboxylic acids is 1. The van der Waals surface area contributed by atoms with Crippen LogP contribution >= 0.6 is 0 Å². The largest absolute Gasteiger partial charge is 0.480 e. The first kappa shape index (κ1) is 9.39. The van der Waals surface area contributed by atoms with Crippen LogP contribution in [0, 0.1) is 12.3 Å². The summed E-state index contributed by atoms with van der Waals surface area (Å²) in [5.41, 5.74) is 0. The number of terminal acetylenes is 1. The van der Waals surface area contributed by atoms with Crippen LogP contribution in [0.3, 0.4) is 0 Å². The van der Waals surface area contributed by atoms with Crippen molar-refractivity contribution in [2.45, 2.75) is 12.5 Å². The number of urea groups is 1. The Bertz CT molecular complexity index is 269. The predicted molar refractivity (Wildman–Crippen MR) is 45.0 cm³/mol. The number of hydrogen-bond acceptors (Lipinski definition) is 2. The number of amides is 2. The van der Waals surface area contributed by atoms with Crippen LogP contribution in [0.4, 0.5) is 4.79 Å². The summed E-state index contributed by atoms with van der Waals surface area (Å²) in [6.07, 6.45) is 5.05. The van der Waals surface area contributed by atoms with Crippen LogP contribution in [0.25, 0.3) is 0 Å². The SMILES string of the molecule is C#CCC(C(=O)O)N1CCNC1=O. The number of nitrogens with zero attached hydrogens (tertiary/aromatic N) is 1. The van der Waals surface area contributed by atoms with Crippen LogP contribution in [0.1, 0.15) is 6.42 Å². The van der Waals surface area contributed by atoms with Gasteiger partial charge < -0.3 is 15.3 Å². The van der Waals surface area contributed by atoms with E-state index >= 15 is 0 Å². The van der Waals surface area contributed by atoms with Gasteiger partial charge in [0.2, 0.25) is 0 Å². The number of hydrogen-bond donors (Lipinski definition) is 2. The van der Waals surface area contributed by atoms with Crippen molar-refractivity contribution in [3.05, 3.63) is 0 Å². The first-order valence-electron chi connectivity index (χ1n) is 3.87. The smallest absolute Gasteiger partial charge is 0.327 e. The molecule has 1 unspecified atom stereocenters. The van der Waals surface area contributed by atoms with Gasteiger partial charge in [0.1, 0.15) is 6.04 Å². The average molecular weight is 182 g/mol. The van der Waals surface area contributed by atoms with Crippen LogP contribution in [-0.4, -0.2) is 41.1 Å². The molecule has 5 nitrogen and oxygen atoms in total. The number of carboxylic acid groups (broad SMARTS) is 1. The zero-order chi connectivity index (χ0) is 9.84. The molecule has 5 heteroatoms. The molecule has 70 valence electrons. The quantitative estimate of drug-likeness (QED) is 0.577. The zero-order valence-corrected chi connectivity index (χ0v) is 6.99. The van der Waals surface area contributed by atoms with Gasteiger partial charge in [-0.1, -0.05) is 0 Å². The molecule has 0 saturated carbocycles. The second-order valence-corrected chi connectivity index (χ2v) is 2.69. The molecule has 1 saturated heterocycles. The van der Waals surface area contributed by atoms with Gasteiger partial charge in [0.15, 0.2) is 0 Å². The van der Waals surface area contributed by atoms with E-state index in [0.717, 1.165) is 0 Å². The summed E-state index contributed by atoms with van der Waals surface area (Å²) in [6, 6.07) is -1.25. The minimum atomic E-state index is -1.06. The molecule has 0 aromatic rings. The predicted octanol–water partition coefficient (Wildman–Crippen LogP) is -0.512. The van der Waals surface area contributed by atoms with E-state index in [-0.39, 0.29) is 12.5 Å². The van der Waals surface area contributed by atoms with Crippen LogP contribution in [-0.2, 0) is 4.79 Å². The Kier molecular flexibility index (Phi) is 2.75.